The normalized spacial score (nSPS) is 16.1. The molecule has 132 valence electrons. The van der Waals surface area contributed by atoms with E-state index in [4.69, 9.17) is 4.74 Å². The van der Waals surface area contributed by atoms with Gasteiger partial charge in [-0.05, 0) is 42.3 Å². The molecule has 4 rings (SSSR count). The van der Waals surface area contributed by atoms with Crippen LogP contribution in [-0.4, -0.2) is 16.1 Å². The van der Waals surface area contributed by atoms with Crippen molar-refractivity contribution in [3.63, 3.8) is 0 Å². The zero-order chi connectivity index (χ0) is 18.1. The van der Waals surface area contributed by atoms with E-state index < -0.39 is 0 Å². The Balaban J connectivity index is 1.50. The summed E-state index contributed by atoms with van der Waals surface area (Å²) in [6.07, 6.45) is 0.392. The molecule has 0 aliphatic carbocycles. The Morgan fingerprint density at radius 2 is 1.88 bits per heavy atom. The molecule has 0 spiro atoms. The van der Waals surface area contributed by atoms with Gasteiger partial charge in [0.05, 0.1) is 0 Å². The molecule has 0 fully saturated rings. The number of benzene rings is 2. The molecule has 1 amide bonds. The number of rotatable bonds is 4. The predicted octanol–water partition coefficient (Wildman–Crippen LogP) is 3.91. The third kappa shape index (κ3) is 3.18. The Bertz CT molecular complexity index is 933. The number of nitrogens with one attached hydrogen (secondary N) is 2. The average Bonchev–Trinajstić information content (AvgIpc) is 3.02. The number of ether oxygens (including phenoxy) is 1. The lowest BCUT2D eigenvalue weighted by Gasteiger charge is -2.23. The van der Waals surface area contributed by atoms with E-state index in [2.05, 4.69) is 15.5 Å². The molecule has 0 bridgehead atoms. The van der Waals surface area contributed by atoms with E-state index in [0.29, 0.717) is 18.8 Å². The highest BCUT2D eigenvalue weighted by atomic mass is 19.1. The maximum Gasteiger partial charge on any atom is 0.226 e. The van der Waals surface area contributed by atoms with Gasteiger partial charge in [-0.3, -0.25) is 9.89 Å². The zero-order valence-electron chi connectivity index (χ0n) is 14.3. The van der Waals surface area contributed by atoms with Gasteiger partial charge in [-0.1, -0.05) is 24.3 Å². The van der Waals surface area contributed by atoms with Gasteiger partial charge in [0.2, 0.25) is 5.91 Å². The van der Waals surface area contributed by atoms with Crippen LogP contribution in [0, 0.1) is 12.7 Å². The van der Waals surface area contributed by atoms with Crippen molar-refractivity contribution in [3.05, 3.63) is 76.7 Å². The van der Waals surface area contributed by atoms with Crippen molar-refractivity contribution in [2.24, 2.45) is 0 Å². The maximum absolute atomic E-state index is 12.9. The van der Waals surface area contributed by atoms with E-state index in [9.17, 15) is 9.18 Å². The molecular formula is C20H18FN3O2. The number of nitrogens with zero attached hydrogens (tertiary/aromatic N) is 1. The number of hydrogen-bond acceptors (Lipinski definition) is 3. The molecule has 26 heavy (non-hydrogen) atoms. The first-order valence-corrected chi connectivity index (χ1v) is 8.42. The molecule has 0 saturated heterocycles. The SMILES string of the molecule is Cc1[nH]nc2c1[C@@H](c1ccc(OCc3ccc(F)cc3)cc1)CC(=O)N2. The number of carbonyl (C=O) groups is 1. The van der Waals surface area contributed by atoms with Crippen molar-refractivity contribution in [1.82, 2.24) is 10.2 Å². The summed E-state index contributed by atoms with van der Waals surface area (Å²) in [5.41, 5.74) is 3.93. The number of aryl methyl sites for hydroxylation is 1. The number of H-pyrrole nitrogens is 1. The van der Waals surface area contributed by atoms with Gasteiger partial charge in [0.25, 0.3) is 0 Å². The highest BCUT2D eigenvalue weighted by Crippen LogP contribution is 2.38. The third-order valence-electron chi connectivity index (χ3n) is 4.59. The van der Waals surface area contributed by atoms with Crippen LogP contribution in [0.5, 0.6) is 5.75 Å². The van der Waals surface area contributed by atoms with Gasteiger partial charge >= 0.3 is 0 Å². The number of carbonyl (C=O) groups excluding carboxylic acids is 1. The molecule has 2 aromatic carbocycles. The molecule has 5 nitrogen and oxygen atoms in total. The first kappa shape index (κ1) is 16.3. The smallest absolute Gasteiger partial charge is 0.226 e. The first-order valence-electron chi connectivity index (χ1n) is 8.42. The quantitative estimate of drug-likeness (QED) is 0.749. The zero-order valence-corrected chi connectivity index (χ0v) is 14.3. The summed E-state index contributed by atoms with van der Waals surface area (Å²) in [6, 6.07) is 14.0. The topological polar surface area (TPSA) is 67.0 Å². The number of aromatic nitrogens is 2. The molecule has 2 N–H and O–H groups in total. The molecule has 6 heteroatoms. The van der Waals surface area contributed by atoms with Crippen LogP contribution < -0.4 is 10.1 Å². The largest absolute Gasteiger partial charge is 0.489 e. The molecule has 0 saturated carbocycles. The van der Waals surface area contributed by atoms with Gasteiger partial charge in [-0.15, -0.1) is 0 Å². The summed E-state index contributed by atoms with van der Waals surface area (Å²) in [4.78, 5) is 12.0. The van der Waals surface area contributed by atoms with E-state index in [1.807, 2.05) is 31.2 Å². The second-order valence-corrected chi connectivity index (χ2v) is 6.40. The highest BCUT2D eigenvalue weighted by Gasteiger charge is 2.30. The Hall–Kier alpha value is -3.15. The fourth-order valence-corrected chi connectivity index (χ4v) is 3.26. The Kier molecular flexibility index (Phi) is 4.16. The van der Waals surface area contributed by atoms with Gasteiger partial charge in [0.15, 0.2) is 5.82 Å². The van der Waals surface area contributed by atoms with Crippen LogP contribution in [0.15, 0.2) is 48.5 Å². The Morgan fingerprint density at radius 1 is 1.15 bits per heavy atom. The predicted molar refractivity (Wildman–Crippen MR) is 95.6 cm³/mol. The minimum Gasteiger partial charge on any atom is -0.489 e. The van der Waals surface area contributed by atoms with Crippen molar-refractivity contribution in [2.45, 2.75) is 25.9 Å². The lowest BCUT2D eigenvalue weighted by Crippen LogP contribution is -2.23. The number of halogens is 1. The van der Waals surface area contributed by atoms with Crippen LogP contribution in [0.4, 0.5) is 10.2 Å². The molecule has 1 aliphatic rings. The van der Waals surface area contributed by atoms with Gasteiger partial charge in [-0.25, -0.2) is 4.39 Å². The molecule has 2 heterocycles. The maximum atomic E-state index is 12.9. The average molecular weight is 351 g/mol. The van der Waals surface area contributed by atoms with Crippen molar-refractivity contribution in [3.8, 4) is 5.75 Å². The number of hydrogen-bond donors (Lipinski definition) is 2. The van der Waals surface area contributed by atoms with Crippen LogP contribution >= 0.6 is 0 Å². The van der Waals surface area contributed by atoms with E-state index in [0.717, 1.165) is 28.1 Å². The van der Waals surface area contributed by atoms with Crippen LogP contribution in [0.25, 0.3) is 0 Å². The molecule has 0 radical (unpaired) electrons. The van der Waals surface area contributed by atoms with Crippen molar-refractivity contribution in [2.75, 3.05) is 5.32 Å². The van der Waals surface area contributed by atoms with Gasteiger partial charge in [0.1, 0.15) is 18.2 Å². The minimum absolute atomic E-state index is 0.0244. The minimum atomic E-state index is -0.261. The molecule has 1 atom stereocenters. The van der Waals surface area contributed by atoms with Gasteiger partial charge in [-0.2, -0.15) is 5.10 Å². The van der Waals surface area contributed by atoms with E-state index in [1.165, 1.54) is 12.1 Å². The monoisotopic (exact) mass is 351 g/mol. The van der Waals surface area contributed by atoms with E-state index in [-0.39, 0.29) is 17.6 Å². The van der Waals surface area contributed by atoms with Gasteiger partial charge < -0.3 is 10.1 Å². The van der Waals surface area contributed by atoms with E-state index in [1.54, 1.807) is 12.1 Å². The summed E-state index contributed by atoms with van der Waals surface area (Å²) >= 11 is 0. The number of aromatic amines is 1. The van der Waals surface area contributed by atoms with Crippen LogP contribution in [0.3, 0.4) is 0 Å². The molecule has 3 aromatic rings. The summed E-state index contributed by atoms with van der Waals surface area (Å²) < 4.78 is 18.7. The molecule has 1 aliphatic heterocycles. The summed E-state index contributed by atoms with van der Waals surface area (Å²) in [7, 11) is 0. The van der Waals surface area contributed by atoms with Crippen LogP contribution in [-0.2, 0) is 11.4 Å². The van der Waals surface area contributed by atoms with Crippen LogP contribution in [0.1, 0.15) is 34.7 Å². The van der Waals surface area contributed by atoms with Crippen molar-refractivity contribution < 1.29 is 13.9 Å². The Morgan fingerprint density at radius 3 is 2.62 bits per heavy atom. The van der Waals surface area contributed by atoms with E-state index >= 15 is 0 Å². The standard InChI is InChI=1S/C20H18FN3O2/c1-12-19-17(10-18(25)22-20(19)24-23-12)14-4-8-16(9-5-14)26-11-13-2-6-15(21)7-3-13/h2-9,17H,10-11H2,1H3,(H2,22,23,24,25)/t17-/m1/s1. The van der Waals surface area contributed by atoms with Crippen molar-refractivity contribution >= 4 is 11.7 Å². The number of fused-ring (bicyclic) bond motifs is 1. The Labute approximate surface area is 150 Å². The summed E-state index contributed by atoms with van der Waals surface area (Å²) in [5, 5.41) is 9.90. The lowest BCUT2D eigenvalue weighted by molar-refractivity contribution is -0.116. The first-order chi connectivity index (χ1) is 12.6. The third-order valence-corrected chi connectivity index (χ3v) is 4.59. The fraction of sp³-hybridized carbons (Fsp3) is 0.200. The number of anilines is 1. The lowest BCUT2D eigenvalue weighted by atomic mass is 9.86. The fourth-order valence-electron chi connectivity index (χ4n) is 3.26. The summed E-state index contributed by atoms with van der Waals surface area (Å²) in [5.74, 6) is 1.01. The second kappa shape index (κ2) is 6.63. The van der Waals surface area contributed by atoms with Crippen LogP contribution in [0.2, 0.25) is 0 Å². The van der Waals surface area contributed by atoms with Gasteiger partial charge in [0, 0.05) is 23.6 Å². The highest BCUT2D eigenvalue weighted by molar-refractivity contribution is 5.94. The molecular weight excluding hydrogens is 333 g/mol. The molecule has 0 unspecified atom stereocenters. The second-order valence-electron chi connectivity index (χ2n) is 6.40. The number of amides is 1. The summed E-state index contributed by atoms with van der Waals surface area (Å²) in [6.45, 7) is 2.33. The molecule has 1 aromatic heterocycles. The van der Waals surface area contributed by atoms with Crippen molar-refractivity contribution in [1.29, 1.82) is 0 Å².